The molecule has 2 saturated heterocycles. The molecule has 214 valence electrons. The van der Waals surface area contributed by atoms with Gasteiger partial charge in [0.15, 0.2) is 0 Å². The molecule has 2 aliphatic heterocycles. The van der Waals surface area contributed by atoms with E-state index in [2.05, 4.69) is 32.6 Å². The normalized spacial score (nSPS) is 42.3. The van der Waals surface area contributed by atoms with E-state index in [4.69, 9.17) is 14.2 Å². The van der Waals surface area contributed by atoms with Crippen LogP contribution >= 0.6 is 0 Å². The predicted octanol–water partition coefficient (Wildman–Crippen LogP) is 6.37. The largest absolute Gasteiger partial charge is 0.382 e. The molecule has 5 rings (SSSR count). The fraction of sp³-hybridized carbons (Fsp3) is 0.848. The molecule has 2 saturated carbocycles. The van der Waals surface area contributed by atoms with Crippen molar-refractivity contribution >= 4 is 6.29 Å². The fourth-order valence-corrected chi connectivity index (χ4v) is 9.89. The quantitative estimate of drug-likeness (QED) is 0.151. The Morgan fingerprint density at radius 2 is 2.03 bits per heavy atom. The summed E-state index contributed by atoms with van der Waals surface area (Å²) in [6, 6.07) is 0.511. The molecule has 0 bridgehead atoms. The standard InChI is InChI=1S/C33H53NO4/c1-6-13-32(4)25(12-17-35)9-10-27-26-11-14-33(22-23(2)28(26)21-29(27)32)24(3)31-30(38-33)8-7-15-34(31)16-18-37-20-19-36-5/h12,17,24,26-27,29-31H,6-11,13-16,18-22H2,1-5H3/b25-12-. The van der Waals surface area contributed by atoms with E-state index in [1.165, 1.54) is 56.9 Å². The van der Waals surface area contributed by atoms with E-state index in [-0.39, 0.29) is 11.0 Å². The van der Waals surface area contributed by atoms with Crippen LogP contribution in [0, 0.1) is 29.1 Å². The first-order valence-corrected chi connectivity index (χ1v) is 15.7. The van der Waals surface area contributed by atoms with E-state index in [1.807, 2.05) is 6.08 Å². The van der Waals surface area contributed by atoms with Crippen LogP contribution in [0.4, 0.5) is 0 Å². The lowest BCUT2D eigenvalue weighted by Crippen LogP contribution is -2.50. The molecule has 8 atom stereocenters. The number of piperidine rings is 1. The highest BCUT2D eigenvalue weighted by molar-refractivity contribution is 5.66. The van der Waals surface area contributed by atoms with E-state index in [1.54, 1.807) is 18.3 Å². The number of likely N-dealkylation sites (tertiary alicyclic amines) is 1. The number of rotatable bonds is 9. The zero-order valence-corrected chi connectivity index (χ0v) is 24.8. The van der Waals surface area contributed by atoms with Crippen molar-refractivity contribution in [1.29, 1.82) is 0 Å². The molecule has 1 spiro atoms. The van der Waals surface area contributed by atoms with Gasteiger partial charge in [-0.3, -0.25) is 9.69 Å². The number of carbonyl (C=O) groups is 1. The number of methoxy groups -OCH3 is 1. The van der Waals surface area contributed by atoms with Crippen LogP contribution < -0.4 is 0 Å². The summed E-state index contributed by atoms with van der Waals surface area (Å²) in [5.41, 5.74) is 4.97. The van der Waals surface area contributed by atoms with Gasteiger partial charge in [0.2, 0.25) is 0 Å². The van der Waals surface area contributed by atoms with E-state index < -0.39 is 0 Å². The lowest BCUT2D eigenvalue weighted by molar-refractivity contribution is -0.104. The minimum atomic E-state index is -0.0181. The van der Waals surface area contributed by atoms with Crippen LogP contribution in [0.15, 0.2) is 22.8 Å². The van der Waals surface area contributed by atoms with Gasteiger partial charge in [0.05, 0.1) is 31.5 Å². The number of hydrogen-bond acceptors (Lipinski definition) is 5. The first-order chi connectivity index (χ1) is 18.4. The summed E-state index contributed by atoms with van der Waals surface area (Å²) in [6.45, 7) is 14.0. The third-order valence-corrected chi connectivity index (χ3v) is 11.7. The molecule has 38 heavy (non-hydrogen) atoms. The highest BCUT2D eigenvalue weighted by Gasteiger charge is 2.58. The number of carbonyl (C=O) groups excluding carboxylic acids is 1. The molecular weight excluding hydrogens is 474 g/mol. The topological polar surface area (TPSA) is 48.0 Å². The molecule has 5 aliphatic rings. The van der Waals surface area contributed by atoms with Crippen molar-refractivity contribution in [1.82, 2.24) is 4.90 Å². The lowest BCUT2D eigenvalue weighted by Gasteiger charge is -2.47. The Kier molecular flexibility index (Phi) is 8.89. The van der Waals surface area contributed by atoms with Gasteiger partial charge in [-0.05, 0) is 101 Å². The van der Waals surface area contributed by atoms with Crippen molar-refractivity contribution in [3.63, 3.8) is 0 Å². The van der Waals surface area contributed by atoms with Crippen LogP contribution in [0.25, 0.3) is 0 Å². The molecule has 3 aliphatic carbocycles. The van der Waals surface area contributed by atoms with Gasteiger partial charge in [-0.1, -0.05) is 43.9 Å². The molecule has 5 heteroatoms. The Labute approximate surface area is 231 Å². The minimum Gasteiger partial charge on any atom is -0.382 e. The molecule has 0 aromatic carbocycles. The van der Waals surface area contributed by atoms with Crippen LogP contribution in [0.1, 0.15) is 91.9 Å². The Balaban J connectivity index is 1.34. The molecule has 5 nitrogen and oxygen atoms in total. The van der Waals surface area contributed by atoms with Gasteiger partial charge in [-0.2, -0.15) is 0 Å². The van der Waals surface area contributed by atoms with Crippen LogP contribution in [-0.2, 0) is 19.0 Å². The summed E-state index contributed by atoms with van der Waals surface area (Å²) in [6.07, 6.45) is 15.3. The smallest absolute Gasteiger partial charge is 0.142 e. The number of hydrogen-bond donors (Lipinski definition) is 0. The number of aldehydes is 1. The molecule has 2 heterocycles. The molecule has 0 aromatic heterocycles. The number of allylic oxidation sites excluding steroid dienone is 3. The summed E-state index contributed by atoms with van der Waals surface area (Å²) < 4.78 is 18.2. The first kappa shape index (κ1) is 28.5. The summed E-state index contributed by atoms with van der Waals surface area (Å²) in [7, 11) is 1.73. The zero-order valence-electron chi connectivity index (χ0n) is 24.8. The Hall–Kier alpha value is -1.01. The Morgan fingerprint density at radius 3 is 2.79 bits per heavy atom. The van der Waals surface area contributed by atoms with Crippen molar-refractivity contribution < 1.29 is 19.0 Å². The number of fused-ring (bicyclic) bond motifs is 4. The highest BCUT2D eigenvalue weighted by atomic mass is 16.5. The van der Waals surface area contributed by atoms with Crippen molar-refractivity contribution in [3.05, 3.63) is 22.8 Å². The fourth-order valence-electron chi connectivity index (χ4n) is 9.89. The van der Waals surface area contributed by atoms with Gasteiger partial charge in [-0.25, -0.2) is 0 Å². The van der Waals surface area contributed by atoms with Crippen molar-refractivity contribution in [2.45, 2.75) is 110 Å². The highest BCUT2D eigenvalue weighted by Crippen LogP contribution is 2.63. The molecule has 0 aromatic rings. The molecule has 8 unspecified atom stereocenters. The summed E-state index contributed by atoms with van der Waals surface area (Å²) >= 11 is 0. The van der Waals surface area contributed by atoms with E-state index in [9.17, 15) is 4.79 Å². The summed E-state index contributed by atoms with van der Waals surface area (Å²) in [4.78, 5) is 14.2. The number of ether oxygens (including phenoxy) is 3. The average molecular weight is 528 g/mol. The first-order valence-electron chi connectivity index (χ1n) is 15.7. The van der Waals surface area contributed by atoms with Crippen molar-refractivity contribution in [2.24, 2.45) is 29.1 Å². The Morgan fingerprint density at radius 1 is 1.18 bits per heavy atom. The molecule has 0 amide bonds. The maximum absolute atomic E-state index is 11.5. The number of nitrogens with zero attached hydrogens (tertiary/aromatic N) is 1. The van der Waals surface area contributed by atoms with E-state index in [0.29, 0.717) is 43.1 Å². The molecule has 0 N–H and O–H groups in total. The maximum atomic E-state index is 11.5. The third kappa shape index (κ3) is 4.99. The third-order valence-electron chi connectivity index (χ3n) is 11.7. The van der Waals surface area contributed by atoms with Crippen LogP contribution in [0.2, 0.25) is 0 Å². The van der Waals surface area contributed by atoms with E-state index >= 15 is 0 Å². The lowest BCUT2D eigenvalue weighted by atomic mass is 9.58. The van der Waals surface area contributed by atoms with E-state index in [0.717, 1.165) is 44.7 Å². The summed E-state index contributed by atoms with van der Waals surface area (Å²) in [5.74, 6) is 2.69. The molecular formula is C33H53NO4. The molecule has 4 fully saturated rings. The second-order valence-electron chi connectivity index (χ2n) is 13.4. The van der Waals surface area contributed by atoms with Crippen molar-refractivity contribution in [3.8, 4) is 0 Å². The van der Waals surface area contributed by atoms with Gasteiger partial charge in [0, 0.05) is 25.6 Å². The summed E-state index contributed by atoms with van der Waals surface area (Å²) in [5, 5.41) is 0. The van der Waals surface area contributed by atoms with Gasteiger partial charge in [0.25, 0.3) is 0 Å². The Bertz CT molecular complexity index is 913. The van der Waals surface area contributed by atoms with Crippen LogP contribution in [-0.4, -0.2) is 69.0 Å². The second kappa shape index (κ2) is 11.8. The average Bonchev–Trinajstić information content (AvgIpc) is 3.36. The van der Waals surface area contributed by atoms with Gasteiger partial charge in [-0.15, -0.1) is 0 Å². The van der Waals surface area contributed by atoms with Crippen LogP contribution in [0.3, 0.4) is 0 Å². The van der Waals surface area contributed by atoms with Crippen LogP contribution in [0.5, 0.6) is 0 Å². The maximum Gasteiger partial charge on any atom is 0.142 e. The second-order valence-corrected chi connectivity index (χ2v) is 13.4. The monoisotopic (exact) mass is 527 g/mol. The van der Waals surface area contributed by atoms with Gasteiger partial charge >= 0.3 is 0 Å². The minimum absolute atomic E-state index is 0.0181. The van der Waals surface area contributed by atoms with Gasteiger partial charge in [0.1, 0.15) is 6.29 Å². The van der Waals surface area contributed by atoms with Crippen molar-refractivity contribution in [2.75, 3.05) is 40.0 Å². The SMILES string of the molecule is CCCC1(C)/C(=C\C=O)CCC2C3CCC4(CC(C)=C3CC21)OC1CCCN(CCOCCOC)C1C4C. The van der Waals surface area contributed by atoms with Gasteiger partial charge < -0.3 is 14.2 Å². The molecule has 0 radical (unpaired) electrons. The predicted molar refractivity (Wildman–Crippen MR) is 152 cm³/mol. The zero-order chi connectivity index (χ0) is 26.9.